The lowest BCUT2D eigenvalue weighted by molar-refractivity contribution is -0.127. The van der Waals surface area contributed by atoms with Crippen molar-refractivity contribution in [2.24, 2.45) is 0 Å². The fourth-order valence-electron chi connectivity index (χ4n) is 1.35. The molecule has 0 aliphatic carbocycles. The standard InChI is InChI=1S/C12H14BrNO4/c1-3-14-11(15)7(2)18-10-8(12(16)17)5-4-6-9(10)13/h4-7H,3H2,1-2H3,(H,14,15)(H,16,17). The minimum Gasteiger partial charge on any atom is -0.479 e. The number of rotatable bonds is 5. The summed E-state index contributed by atoms with van der Waals surface area (Å²) in [7, 11) is 0. The molecule has 1 unspecified atom stereocenters. The smallest absolute Gasteiger partial charge is 0.339 e. The molecule has 0 saturated heterocycles. The molecule has 0 aliphatic heterocycles. The Morgan fingerprint density at radius 1 is 1.50 bits per heavy atom. The van der Waals surface area contributed by atoms with Crippen LogP contribution in [0.15, 0.2) is 22.7 Å². The Balaban J connectivity index is 2.96. The number of carbonyl (C=O) groups excluding carboxylic acids is 1. The van der Waals surface area contributed by atoms with Crippen molar-refractivity contribution in [3.8, 4) is 5.75 Å². The van der Waals surface area contributed by atoms with Crippen LogP contribution >= 0.6 is 15.9 Å². The third-order valence-corrected chi connectivity index (χ3v) is 2.84. The Morgan fingerprint density at radius 3 is 2.72 bits per heavy atom. The third-order valence-electron chi connectivity index (χ3n) is 2.21. The van der Waals surface area contributed by atoms with Crippen molar-refractivity contribution in [1.29, 1.82) is 0 Å². The lowest BCUT2D eigenvalue weighted by Gasteiger charge is -2.16. The summed E-state index contributed by atoms with van der Waals surface area (Å²) in [4.78, 5) is 22.6. The molecular weight excluding hydrogens is 302 g/mol. The van der Waals surface area contributed by atoms with Gasteiger partial charge < -0.3 is 15.2 Å². The van der Waals surface area contributed by atoms with Crippen LogP contribution in [-0.2, 0) is 4.79 Å². The van der Waals surface area contributed by atoms with Crippen LogP contribution in [0.3, 0.4) is 0 Å². The Morgan fingerprint density at radius 2 is 2.17 bits per heavy atom. The maximum absolute atomic E-state index is 11.5. The number of likely N-dealkylation sites (N-methyl/N-ethyl adjacent to an activating group) is 1. The van der Waals surface area contributed by atoms with E-state index in [2.05, 4.69) is 21.2 Å². The lowest BCUT2D eigenvalue weighted by atomic mass is 10.2. The van der Waals surface area contributed by atoms with Crippen molar-refractivity contribution in [1.82, 2.24) is 5.32 Å². The third kappa shape index (κ3) is 3.46. The van der Waals surface area contributed by atoms with Gasteiger partial charge in [0.15, 0.2) is 6.10 Å². The van der Waals surface area contributed by atoms with E-state index in [9.17, 15) is 9.59 Å². The normalized spacial score (nSPS) is 11.7. The minimum absolute atomic E-state index is 0.0144. The van der Waals surface area contributed by atoms with Crippen LogP contribution in [0.4, 0.5) is 0 Å². The summed E-state index contributed by atoms with van der Waals surface area (Å²) >= 11 is 3.21. The van der Waals surface area contributed by atoms with E-state index >= 15 is 0 Å². The summed E-state index contributed by atoms with van der Waals surface area (Å²) in [6, 6.07) is 4.68. The van der Waals surface area contributed by atoms with Crippen molar-refractivity contribution in [2.45, 2.75) is 20.0 Å². The fraction of sp³-hybridized carbons (Fsp3) is 0.333. The fourth-order valence-corrected chi connectivity index (χ4v) is 1.80. The van der Waals surface area contributed by atoms with Crippen LogP contribution in [0.5, 0.6) is 5.75 Å². The molecule has 0 saturated carbocycles. The van der Waals surface area contributed by atoms with Gasteiger partial charge in [-0.1, -0.05) is 6.07 Å². The molecule has 1 aromatic carbocycles. The molecule has 1 atom stereocenters. The van der Waals surface area contributed by atoms with Gasteiger partial charge in [-0.15, -0.1) is 0 Å². The molecule has 0 bridgehead atoms. The van der Waals surface area contributed by atoms with Gasteiger partial charge in [0.25, 0.3) is 5.91 Å². The minimum atomic E-state index is -1.10. The molecule has 0 heterocycles. The summed E-state index contributed by atoms with van der Waals surface area (Å²) in [5.41, 5.74) is 0.0144. The number of carboxylic acids is 1. The first kappa shape index (κ1) is 14.5. The quantitative estimate of drug-likeness (QED) is 0.872. The number of carboxylic acid groups (broad SMARTS) is 1. The predicted octanol–water partition coefficient (Wildman–Crippen LogP) is 2.05. The van der Waals surface area contributed by atoms with Crippen LogP contribution in [0.25, 0.3) is 0 Å². The van der Waals surface area contributed by atoms with Crippen molar-refractivity contribution < 1.29 is 19.4 Å². The van der Waals surface area contributed by atoms with Crippen LogP contribution in [0, 0.1) is 0 Å². The van der Waals surface area contributed by atoms with Gasteiger partial charge in [-0.3, -0.25) is 4.79 Å². The molecule has 0 aliphatic rings. The molecule has 2 N–H and O–H groups in total. The summed E-state index contributed by atoms with van der Waals surface area (Å²) < 4.78 is 5.91. The Labute approximate surface area is 113 Å². The zero-order valence-electron chi connectivity index (χ0n) is 10.1. The monoisotopic (exact) mass is 315 g/mol. The predicted molar refractivity (Wildman–Crippen MR) is 69.9 cm³/mol. The summed E-state index contributed by atoms with van der Waals surface area (Å²) in [6.07, 6.45) is -0.762. The number of carbonyl (C=O) groups is 2. The van der Waals surface area contributed by atoms with Gasteiger partial charge in [-0.2, -0.15) is 0 Å². The average molecular weight is 316 g/mol. The number of nitrogens with one attached hydrogen (secondary N) is 1. The van der Waals surface area contributed by atoms with E-state index in [1.54, 1.807) is 26.0 Å². The van der Waals surface area contributed by atoms with Crippen LogP contribution in [-0.4, -0.2) is 29.6 Å². The molecule has 0 aromatic heterocycles. The van der Waals surface area contributed by atoms with E-state index in [0.29, 0.717) is 11.0 Å². The van der Waals surface area contributed by atoms with E-state index in [0.717, 1.165) is 0 Å². The second kappa shape index (κ2) is 6.39. The number of hydrogen-bond donors (Lipinski definition) is 2. The number of ether oxygens (including phenoxy) is 1. The number of benzene rings is 1. The number of hydrogen-bond acceptors (Lipinski definition) is 3. The summed E-state index contributed by atoms with van der Waals surface area (Å²) in [6.45, 7) is 3.86. The van der Waals surface area contributed by atoms with Gasteiger partial charge in [-0.25, -0.2) is 4.79 Å². The molecule has 0 radical (unpaired) electrons. The highest BCUT2D eigenvalue weighted by Gasteiger charge is 2.20. The van der Waals surface area contributed by atoms with Gasteiger partial charge in [0.2, 0.25) is 0 Å². The Kier molecular flexibility index (Phi) is 5.15. The van der Waals surface area contributed by atoms with Gasteiger partial charge in [0.1, 0.15) is 11.3 Å². The number of amides is 1. The van der Waals surface area contributed by atoms with E-state index in [1.165, 1.54) is 6.07 Å². The van der Waals surface area contributed by atoms with E-state index in [1.807, 2.05) is 0 Å². The van der Waals surface area contributed by atoms with Gasteiger partial charge in [-0.05, 0) is 41.9 Å². The highest BCUT2D eigenvalue weighted by molar-refractivity contribution is 9.10. The molecule has 0 fully saturated rings. The first-order chi connectivity index (χ1) is 8.47. The zero-order chi connectivity index (χ0) is 13.7. The molecule has 5 nitrogen and oxygen atoms in total. The first-order valence-corrected chi connectivity index (χ1v) is 6.22. The van der Waals surface area contributed by atoms with E-state index < -0.39 is 12.1 Å². The molecule has 0 spiro atoms. The maximum atomic E-state index is 11.5. The largest absolute Gasteiger partial charge is 0.479 e. The molecule has 1 aromatic rings. The van der Waals surface area contributed by atoms with Crippen LogP contribution in [0.1, 0.15) is 24.2 Å². The number of halogens is 1. The summed E-state index contributed by atoms with van der Waals surface area (Å²) in [5, 5.41) is 11.7. The summed E-state index contributed by atoms with van der Waals surface area (Å²) in [5.74, 6) is -1.23. The maximum Gasteiger partial charge on any atom is 0.339 e. The highest BCUT2D eigenvalue weighted by atomic mass is 79.9. The molecule has 1 amide bonds. The molecule has 1 rings (SSSR count). The first-order valence-electron chi connectivity index (χ1n) is 5.43. The van der Waals surface area contributed by atoms with Crippen molar-refractivity contribution in [3.05, 3.63) is 28.2 Å². The Bertz CT molecular complexity index is 461. The molecule has 6 heteroatoms. The van der Waals surface area contributed by atoms with Crippen molar-refractivity contribution >= 4 is 27.8 Å². The van der Waals surface area contributed by atoms with Gasteiger partial charge in [0.05, 0.1) is 4.47 Å². The van der Waals surface area contributed by atoms with Crippen LogP contribution in [0.2, 0.25) is 0 Å². The van der Waals surface area contributed by atoms with Gasteiger partial charge in [0, 0.05) is 6.54 Å². The SMILES string of the molecule is CCNC(=O)C(C)Oc1c(Br)cccc1C(=O)O. The van der Waals surface area contributed by atoms with Crippen LogP contribution < -0.4 is 10.1 Å². The molecular formula is C12H14BrNO4. The lowest BCUT2D eigenvalue weighted by Crippen LogP contribution is -2.36. The zero-order valence-corrected chi connectivity index (χ0v) is 11.7. The second-order valence-electron chi connectivity index (χ2n) is 3.58. The Hall–Kier alpha value is -1.56. The molecule has 98 valence electrons. The average Bonchev–Trinajstić information content (AvgIpc) is 2.31. The second-order valence-corrected chi connectivity index (χ2v) is 4.43. The number of para-hydroxylation sites is 1. The topological polar surface area (TPSA) is 75.6 Å². The van der Waals surface area contributed by atoms with Crippen molar-refractivity contribution in [3.63, 3.8) is 0 Å². The molecule has 18 heavy (non-hydrogen) atoms. The van der Waals surface area contributed by atoms with Crippen molar-refractivity contribution in [2.75, 3.05) is 6.54 Å². The van der Waals surface area contributed by atoms with E-state index in [-0.39, 0.29) is 17.2 Å². The highest BCUT2D eigenvalue weighted by Crippen LogP contribution is 2.30. The number of aromatic carboxylic acids is 1. The van der Waals surface area contributed by atoms with Gasteiger partial charge >= 0.3 is 5.97 Å². The van der Waals surface area contributed by atoms with E-state index in [4.69, 9.17) is 9.84 Å².